The highest BCUT2D eigenvalue weighted by atomic mass is 79.9. The third-order valence-electron chi connectivity index (χ3n) is 6.36. The molecule has 0 atom stereocenters. The minimum atomic E-state index is -0.308. The SMILES string of the molecule is CC(=O)NCCc1c(F)cc(OC2CCC(OCc3ccccc3Br)CC2)cc1-c1ccccc1. The molecule has 0 aliphatic heterocycles. The van der Waals surface area contributed by atoms with Crippen LogP contribution in [-0.4, -0.2) is 24.7 Å². The number of halogens is 2. The molecule has 6 heteroatoms. The zero-order valence-corrected chi connectivity index (χ0v) is 21.5. The highest BCUT2D eigenvalue weighted by Gasteiger charge is 2.24. The largest absolute Gasteiger partial charge is 0.490 e. The van der Waals surface area contributed by atoms with E-state index < -0.39 is 0 Å². The van der Waals surface area contributed by atoms with Gasteiger partial charge in [0.15, 0.2) is 0 Å². The summed E-state index contributed by atoms with van der Waals surface area (Å²) >= 11 is 3.57. The fourth-order valence-corrected chi connectivity index (χ4v) is 4.90. The van der Waals surface area contributed by atoms with Crippen molar-refractivity contribution in [1.29, 1.82) is 0 Å². The van der Waals surface area contributed by atoms with Gasteiger partial charge >= 0.3 is 0 Å². The number of ether oxygens (including phenoxy) is 2. The first kappa shape index (κ1) is 25.4. The van der Waals surface area contributed by atoms with Gasteiger partial charge in [0.25, 0.3) is 0 Å². The Morgan fingerprint density at radius 3 is 2.40 bits per heavy atom. The third-order valence-corrected chi connectivity index (χ3v) is 7.13. The number of benzene rings is 3. The molecule has 184 valence electrons. The van der Waals surface area contributed by atoms with E-state index in [4.69, 9.17) is 9.47 Å². The lowest BCUT2D eigenvalue weighted by Gasteiger charge is -2.29. The minimum Gasteiger partial charge on any atom is -0.490 e. The molecule has 0 spiro atoms. The summed E-state index contributed by atoms with van der Waals surface area (Å²) < 4.78 is 28.7. The molecule has 35 heavy (non-hydrogen) atoms. The van der Waals surface area contributed by atoms with Crippen molar-refractivity contribution in [1.82, 2.24) is 5.32 Å². The summed E-state index contributed by atoms with van der Waals surface area (Å²) in [4.78, 5) is 11.3. The second kappa shape index (κ2) is 12.3. The molecular formula is C29H31BrFNO3. The van der Waals surface area contributed by atoms with Crippen molar-refractivity contribution in [3.63, 3.8) is 0 Å². The zero-order chi connectivity index (χ0) is 24.6. The summed E-state index contributed by atoms with van der Waals surface area (Å²) in [5.74, 6) is 0.113. The molecule has 3 aromatic carbocycles. The fourth-order valence-electron chi connectivity index (χ4n) is 4.50. The van der Waals surface area contributed by atoms with Crippen LogP contribution in [0.4, 0.5) is 4.39 Å². The van der Waals surface area contributed by atoms with E-state index in [9.17, 15) is 4.79 Å². The topological polar surface area (TPSA) is 47.6 Å². The molecule has 1 aliphatic carbocycles. The highest BCUT2D eigenvalue weighted by molar-refractivity contribution is 9.10. The Balaban J connectivity index is 1.39. The van der Waals surface area contributed by atoms with Crippen molar-refractivity contribution in [3.8, 4) is 16.9 Å². The Morgan fingerprint density at radius 1 is 1.00 bits per heavy atom. The summed E-state index contributed by atoms with van der Waals surface area (Å²) in [6, 6.07) is 21.3. The summed E-state index contributed by atoms with van der Waals surface area (Å²) in [5, 5.41) is 2.76. The summed E-state index contributed by atoms with van der Waals surface area (Å²) in [6.07, 6.45) is 4.22. The third kappa shape index (κ3) is 7.15. The van der Waals surface area contributed by atoms with Gasteiger partial charge in [-0.3, -0.25) is 4.79 Å². The van der Waals surface area contributed by atoms with Gasteiger partial charge in [-0.15, -0.1) is 0 Å². The van der Waals surface area contributed by atoms with Gasteiger partial charge in [0, 0.05) is 24.0 Å². The van der Waals surface area contributed by atoms with Crippen molar-refractivity contribution in [2.45, 2.75) is 57.8 Å². The number of carbonyl (C=O) groups is 1. The van der Waals surface area contributed by atoms with E-state index in [-0.39, 0.29) is 23.9 Å². The Morgan fingerprint density at radius 2 is 1.69 bits per heavy atom. The molecule has 4 nitrogen and oxygen atoms in total. The molecule has 0 saturated heterocycles. The average molecular weight is 540 g/mol. The van der Waals surface area contributed by atoms with Gasteiger partial charge in [-0.2, -0.15) is 0 Å². The predicted octanol–water partition coefficient (Wildman–Crippen LogP) is 6.84. The molecule has 0 bridgehead atoms. The highest BCUT2D eigenvalue weighted by Crippen LogP contribution is 2.33. The van der Waals surface area contributed by atoms with Gasteiger partial charge < -0.3 is 14.8 Å². The molecule has 1 N–H and O–H groups in total. The minimum absolute atomic E-state index is 0.0339. The Bertz CT molecular complexity index is 1130. The lowest BCUT2D eigenvalue weighted by atomic mass is 9.94. The van der Waals surface area contributed by atoms with Gasteiger partial charge in [0.2, 0.25) is 5.91 Å². The quantitative estimate of drug-likeness (QED) is 0.323. The molecule has 0 radical (unpaired) electrons. The van der Waals surface area contributed by atoms with Crippen LogP contribution in [0.1, 0.15) is 43.7 Å². The molecule has 1 fully saturated rings. The average Bonchev–Trinajstić information content (AvgIpc) is 2.86. The first-order chi connectivity index (χ1) is 17.0. The monoisotopic (exact) mass is 539 g/mol. The van der Waals surface area contributed by atoms with Gasteiger partial charge in [0.1, 0.15) is 11.6 Å². The van der Waals surface area contributed by atoms with Gasteiger partial charge in [-0.05, 0) is 66.5 Å². The van der Waals surface area contributed by atoms with Crippen molar-refractivity contribution < 1.29 is 18.7 Å². The molecule has 1 saturated carbocycles. The second-order valence-electron chi connectivity index (χ2n) is 8.95. The lowest BCUT2D eigenvalue weighted by molar-refractivity contribution is -0.118. The zero-order valence-electron chi connectivity index (χ0n) is 19.9. The smallest absolute Gasteiger partial charge is 0.216 e. The molecular weight excluding hydrogens is 509 g/mol. The van der Waals surface area contributed by atoms with Crippen LogP contribution in [0.3, 0.4) is 0 Å². The van der Waals surface area contributed by atoms with Crippen molar-refractivity contribution in [2.24, 2.45) is 0 Å². The van der Waals surface area contributed by atoms with Gasteiger partial charge in [0.05, 0.1) is 18.8 Å². The Hall–Kier alpha value is -2.70. The first-order valence-corrected chi connectivity index (χ1v) is 12.9. The van der Waals surface area contributed by atoms with E-state index in [2.05, 4.69) is 27.3 Å². The number of nitrogens with one attached hydrogen (secondary N) is 1. The van der Waals surface area contributed by atoms with Crippen molar-refractivity contribution in [2.75, 3.05) is 6.54 Å². The maximum atomic E-state index is 15.2. The number of amides is 1. The van der Waals surface area contributed by atoms with Crippen LogP contribution in [0.2, 0.25) is 0 Å². The van der Waals surface area contributed by atoms with Crippen LogP contribution < -0.4 is 10.1 Å². The predicted molar refractivity (Wildman–Crippen MR) is 140 cm³/mol. The molecule has 0 unspecified atom stereocenters. The van der Waals surface area contributed by atoms with Crippen LogP contribution in [0.15, 0.2) is 71.2 Å². The molecule has 1 aliphatic rings. The summed E-state index contributed by atoms with van der Waals surface area (Å²) in [6.45, 7) is 2.44. The van der Waals surface area contributed by atoms with E-state index in [1.807, 2.05) is 54.6 Å². The molecule has 3 aromatic rings. The second-order valence-corrected chi connectivity index (χ2v) is 9.80. The number of hydrogen-bond acceptors (Lipinski definition) is 3. The summed E-state index contributed by atoms with van der Waals surface area (Å²) in [5.41, 5.74) is 3.46. The van der Waals surface area contributed by atoms with Gasteiger partial charge in [-0.25, -0.2) is 4.39 Å². The molecule has 4 rings (SSSR count). The Labute approximate surface area is 215 Å². The maximum absolute atomic E-state index is 15.2. The standard InChI is InChI=1S/C29H31BrFNO3/c1-20(33)32-16-15-26-27(21-7-3-2-4-8-21)17-25(18-29(26)31)35-24-13-11-23(12-14-24)34-19-22-9-5-6-10-28(22)30/h2-10,17-18,23-24H,11-16,19H2,1H3,(H,32,33). The molecule has 0 heterocycles. The lowest BCUT2D eigenvalue weighted by Crippen LogP contribution is -2.28. The first-order valence-electron chi connectivity index (χ1n) is 12.1. The van der Waals surface area contributed by atoms with E-state index >= 15 is 4.39 Å². The van der Waals surface area contributed by atoms with E-state index in [0.29, 0.717) is 30.9 Å². The van der Waals surface area contributed by atoms with Crippen LogP contribution >= 0.6 is 15.9 Å². The molecule has 0 aromatic heterocycles. The van der Waals surface area contributed by atoms with Crippen LogP contribution in [0.25, 0.3) is 11.1 Å². The van der Waals surface area contributed by atoms with Crippen LogP contribution in [-0.2, 0) is 22.6 Å². The van der Waals surface area contributed by atoms with Crippen LogP contribution in [0.5, 0.6) is 5.75 Å². The number of rotatable bonds is 9. The van der Waals surface area contributed by atoms with E-state index in [1.165, 1.54) is 13.0 Å². The summed E-state index contributed by atoms with van der Waals surface area (Å²) in [7, 11) is 0. The number of carbonyl (C=O) groups excluding carboxylic acids is 1. The van der Waals surface area contributed by atoms with E-state index in [1.54, 1.807) is 0 Å². The Kier molecular flexibility index (Phi) is 8.94. The van der Waals surface area contributed by atoms with E-state index in [0.717, 1.165) is 46.8 Å². The van der Waals surface area contributed by atoms with Crippen LogP contribution in [0, 0.1) is 5.82 Å². The van der Waals surface area contributed by atoms with Crippen molar-refractivity contribution in [3.05, 3.63) is 88.1 Å². The molecule has 1 amide bonds. The normalized spacial score (nSPS) is 17.7. The fraction of sp³-hybridized carbons (Fsp3) is 0.345. The van der Waals surface area contributed by atoms with Crippen molar-refractivity contribution >= 4 is 21.8 Å². The maximum Gasteiger partial charge on any atom is 0.216 e. The van der Waals surface area contributed by atoms with Gasteiger partial charge in [-0.1, -0.05) is 64.5 Å². The number of hydrogen-bond donors (Lipinski definition) is 1.